The van der Waals surface area contributed by atoms with Gasteiger partial charge in [0.1, 0.15) is 11.5 Å². The van der Waals surface area contributed by atoms with Crippen LogP contribution in [0.15, 0.2) is 42.5 Å². The molecule has 0 heterocycles. The van der Waals surface area contributed by atoms with Crippen molar-refractivity contribution in [3.63, 3.8) is 0 Å². The second-order valence-corrected chi connectivity index (χ2v) is 7.17. The molecule has 2 rings (SSSR count). The van der Waals surface area contributed by atoms with Gasteiger partial charge in [-0.3, -0.25) is 14.9 Å². The summed E-state index contributed by atoms with van der Waals surface area (Å²) >= 11 is 0. The van der Waals surface area contributed by atoms with Crippen LogP contribution in [0.25, 0.3) is 11.1 Å². The lowest BCUT2D eigenvalue weighted by molar-refractivity contribution is -0.384. The van der Waals surface area contributed by atoms with E-state index in [1.807, 2.05) is 20.8 Å². The highest BCUT2D eigenvalue weighted by Gasteiger charge is 2.22. The zero-order valence-corrected chi connectivity index (χ0v) is 16.1. The molecule has 0 aromatic heterocycles. The topological polar surface area (TPSA) is 90.7 Å². The minimum absolute atomic E-state index is 0.0556. The Balaban J connectivity index is 2.37. The van der Waals surface area contributed by atoms with Crippen molar-refractivity contribution in [2.24, 2.45) is 0 Å². The standard InChI is InChI=1S/C20H24N2O5/c1-13(19(23)21-20(2,3)4)27-18-11-8-15(22(24)25)12-17(18)14-6-9-16(26-5)10-7-14/h6-13H,1-5H3,(H,21,23)/t13-/m1/s1. The van der Waals surface area contributed by atoms with E-state index in [0.717, 1.165) is 5.56 Å². The van der Waals surface area contributed by atoms with Gasteiger partial charge in [-0.05, 0) is 51.5 Å². The van der Waals surface area contributed by atoms with Gasteiger partial charge >= 0.3 is 0 Å². The van der Waals surface area contributed by atoms with Gasteiger partial charge in [-0.2, -0.15) is 0 Å². The predicted molar refractivity (Wildman–Crippen MR) is 103 cm³/mol. The molecule has 0 aliphatic rings. The number of ether oxygens (including phenoxy) is 2. The molecule has 27 heavy (non-hydrogen) atoms. The normalized spacial score (nSPS) is 12.2. The maximum atomic E-state index is 12.3. The number of hydrogen-bond acceptors (Lipinski definition) is 5. The molecule has 0 saturated carbocycles. The third-order valence-corrected chi connectivity index (χ3v) is 3.75. The van der Waals surface area contributed by atoms with Crippen LogP contribution in [0.4, 0.5) is 5.69 Å². The number of nitro groups is 1. The number of rotatable bonds is 6. The third-order valence-electron chi connectivity index (χ3n) is 3.75. The summed E-state index contributed by atoms with van der Waals surface area (Å²) in [6, 6.07) is 11.4. The monoisotopic (exact) mass is 372 g/mol. The largest absolute Gasteiger partial charge is 0.497 e. The number of methoxy groups -OCH3 is 1. The average molecular weight is 372 g/mol. The van der Waals surface area contributed by atoms with Gasteiger partial charge in [0.25, 0.3) is 11.6 Å². The number of nitrogens with zero attached hydrogens (tertiary/aromatic N) is 1. The van der Waals surface area contributed by atoms with E-state index in [1.54, 1.807) is 38.3 Å². The van der Waals surface area contributed by atoms with E-state index in [0.29, 0.717) is 17.1 Å². The van der Waals surface area contributed by atoms with Crippen molar-refractivity contribution in [2.75, 3.05) is 7.11 Å². The molecule has 0 saturated heterocycles. The number of nitro benzene ring substituents is 1. The van der Waals surface area contributed by atoms with Gasteiger partial charge < -0.3 is 14.8 Å². The predicted octanol–water partition coefficient (Wildman–Crippen LogP) is 3.95. The lowest BCUT2D eigenvalue weighted by Gasteiger charge is -2.24. The van der Waals surface area contributed by atoms with Crippen LogP contribution in [-0.4, -0.2) is 29.6 Å². The number of carbonyl (C=O) groups excluding carboxylic acids is 1. The summed E-state index contributed by atoms with van der Waals surface area (Å²) in [6.45, 7) is 7.28. The Morgan fingerprint density at radius 2 is 1.78 bits per heavy atom. The summed E-state index contributed by atoms with van der Waals surface area (Å²) in [7, 11) is 1.56. The average Bonchev–Trinajstić information content (AvgIpc) is 2.60. The molecule has 7 nitrogen and oxygen atoms in total. The quantitative estimate of drug-likeness (QED) is 0.612. The van der Waals surface area contributed by atoms with Crippen molar-refractivity contribution in [1.29, 1.82) is 0 Å². The maximum Gasteiger partial charge on any atom is 0.270 e. The van der Waals surface area contributed by atoms with Crippen molar-refractivity contribution in [3.8, 4) is 22.6 Å². The Morgan fingerprint density at radius 1 is 1.15 bits per heavy atom. The molecule has 0 unspecified atom stereocenters. The molecule has 0 aliphatic heterocycles. The zero-order valence-electron chi connectivity index (χ0n) is 16.1. The fourth-order valence-electron chi connectivity index (χ4n) is 2.45. The second-order valence-electron chi connectivity index (χ2n) is 7.17. The van der Waals surface area contributed by atoms with E-state index in [9.17, 15) is 14.9 Å². The third kappa shape index (κ3) is 5.44. The van der Waals surface area contributed by atoms with E-state index >= 15 is 0 Å². The summed E-state index contributed by atoms with van der Waals surface area (Å²) in [5, 5.41) is 14.0. The number of nitrogens with one attached hydrogen (secondary N) is 1. The number of hydrogen-bond donors (Lipinski definition) is 1. The molecule has 7 heteroatoms. The van der Waals surface area contributed by atoms with Crippen molar-refractivity contribution in [1.82, 2.24) is 5.32 Å². The number of amides is 1. The highest BCUT2D eigenvalue weighted by molar-refractivity contribution is 5.82. The van der Waals surface area contributed by atoms with Crippen LogP contribution in [0.1, 0.15) is 27.7 Å². The van der Waals surface area contributed by atoms with E-state index in [-0.39, 0.29) is 17.1 Å². The Morgan fingerprint density at radius 3 is 2.30 bits per heavy atom. The fourth-order valence-corrected chi connectivity index (χ4v) is 2.45. The molecule has 0 bridgehead atoms. The summed E-state index contributed by atoms with van der Waals surface area (Å²) in [5.41, 5.74) is 0.809. The van der Waals surface area contributed by atoms with Crippen LogP contribution >= 0.6 is 0 Å². The van der Waals surface area contributed by atoms with Crippen molar-refractivity contribution < 1.29 is 19.2 Å². The van der Waals surface area contributed by atoms with Gasteiger partial charge in [0.05, 0.1) is 12.0 Å². The molecule has 1 atom stereocenters. The highest BCUT2D eigenvalue weighted by Crippen LogP contribution is 2.35. The highest BCUT2D eigenvalue weighted by atomic mass is 16.6. The summed E-state index contributed by atoms with van der Waals surface area (Å²) in [4.78, 5) is 23.0. The van der Waals surface area contributed by atoms with Crippen molar-refractivity contribution in [3.05, 3.63) is 52.6 Å². The first-order valence-corrected chi connectivity index (χ1v) is 8.52. The molecular formula is C20H24N2O5. The molecule has 0 fully saturated rings. The first kappa shape index (κ1) is 20.2. The zero-order chi connectivity index (χ0) is 20.2. The molecule has 1 amide bonds. The minimum Gasteiger partial charge on any atom is -0.497 e. The summed E-state index contributed by atoms with van der Waals surface area (Å²) < 4.78 is 11.0. The van der Waals surface area contributed by atoms with Crippen molar-refractivity contribution >= 4 is 11.6 Å². The Kier molecular flexibility index (Phi) is 6.05. The van der Waals surface area contributed by atoms with Crippen LogP contribution < -0.4 is 14.8 Å². The first-order chi connectivity index (χ1) is 12.6. The van der Waals surface area contributed by atoms with E-state index in [1.165, 1.54) is 18.2 Å². The summed E-state index contributed by atoms with van der Waals surface area (Å²) in [5.74, 6) is 0.799. The lowest BCUT2D eigenvalue weighted by atomic mass is 10.0. The molecule has 1 N–H and O–H groups in total. The van der Waals surface area contributed by atoms with Gasteiger partial charge in [-0.25, -0.2) is 0 Å². The van der Waals surface area contributed by atoms with E-state index in [2.05, 4.69) is 5.32 Å². The number of non-ortho nitro benzene ring substituents is 1. The lowest BCUT2D eigenvalue weighted by Crippen LogP contribution is -2.46. The van der Waals surface area contributed by atoms with Crippen LogP contribution in [0.2, 0.25) is 0 Å². The van der Waals surface area contributed by atoms with Crippen molar-refractivity contribution in [2.45, 2.75) is 39.3 Å². The van der Waals surface area contributed by atoms with E-state index in [4.69, 9.17) is 9.47 Å². The second kappa shape index (κ2) is 8.07. The van der Waals surface area contributed by atoms with Gasteiger partial charge in [-0.1, -0.05) is 12.1 Å². The molecular weight excluding hydrogens is 348 g/mol. The molecule has 0 spiro atoms. The minimum atomic E-state index is -0.761. The van der Waals surface area contributed by atoms with E-state index < -0.39 is 11.0 Å². The van der Waals surface area contributed by atoms with Crippen LogP contribution in [-0.2, 0) is 4.79 Å². The molecule has 0 aliphatic carbocycles. The number of benzene rings is 2. The molecule has 144 valence electrons. The number of carbonyl (C=O) groups is 1. The van der Waals surface area contributed by atoms with Gasteiger partial charge in [0, 0.05) is 23.2 Å². The Hall–Kier alpha value is -3.09. The van der Waals surface area contributed by atoms with Gasteiger partial charge in [0.2, 0.25) is 0 Å². The van der Waals surface area contributed by atoms with Crippen LogP contribution in [0.5, 0.6) is 11.5 Å². The molecule has 2 aromatic rings. The Bertz CT molecular complexity index is 825. The van der Waals surface area contributed by atoms with Crippen LogP contribution in [0, 0.1) is 10.1 Å². The van der Waals surface area contributed by atoms with Crippen LogP contribution in [0.3, 0.4) is 0 Å². The molecule has 2 aromatic carbocycles. The smallest absolute Gasteiger partial charge is 0.270 e. The Labute approximate surface area is 158 Å². The summed E-state index contributed by atoms with van der Waals surface area (Å²) in [6.07, 6.45) is -0.761. The first-order valence-electron chi connectivity index (χ1n) is 8.52. The van der Waals surface area contributed by atoms with Gasteiger partial charge in [-0.15, -0.1) is 0 Å². The molecule has 0 radical (unpaired) electrons. The SMILES string of the molecule is COc1ccc(-c2cc([N+](=O)[O-])ccc2O[C@H](C)C(=O)NC(C)(C)C)cc1. The fraction of sp³-hybridized carbons (Fsp3) is 0.350. The van der Waals surface area contributed by atoms with Gasteiger partial charge in [0.15, 0.2) is 6.10 Å². The maximum absolute atomic E-state index is 12.3.